The Labute approximate surface area is 288 Å². The van der Waals surface area contributed by atoms with Gasteiger partial charge in [0.2, 0.25) is 0 Å². The van der Waals surface area contributed by atoms with Gasteiger partial charge in [0.1, 0.15) is 0 Å². The highest BCUT2D eigenvalue weighted by molar-refractivity contribution is 5.66. The van der Waals surface area contributed by atoms with Gasteiger partial charge in [-0.25, -0.2) is 0 Å². The molecule has 0 aliphatic rings. The van der Waals surface area contributed by atoms with E-state index in [1.807, 2.05) is 24.3 Å². The molecule has 0 unspecified atom stereocenters. The Morgan fingerprint density at radius 3 is 0.783 bits per heavy atom. The third kappa shape index (κ3) is 30.1. The summed E-state index contributed by atoms with van der Waals surface area (Å²) in [6, 6.07) is 8.13. The van der Waals surface area contributed by atoms with Crippen molar-refractivity contribution in [1.29, 1.82) is 0 Å². The average molecular weight is 645 g/mol. The highest BCUT2D eigenvalue weighted by Crippen LogP contribution is 2.21. The molecule has 0 radical (unpaired) electrons. The second kappa shape index (κ2) is 36.6. The van der Waals surface area contributed by atoms with Gasteiger partial charge in [-0.3, -0.25) is 20.6 Å². The van der Waals surface area contributed by atoms with Gasteiger partial charge in [-0.15, -0.1) is 0 Å². The molecule has 4 heteroatoms. The van der Waals surface area contributed by atoms with Gasteiger partial charge >= 0.3 is 0 Å². The Hall–Kier alpha value is -1.26. The minimum Gasteiger partial charge on any atom is -0.276 e. The molecule has 0 aliphatic carbocycles. The lowest BCUT2D eigenvalue weighted by molar-refractivity contribution is 0.181. The second-order valence-corrected chi connectivity index (χ2v) is 14.1. The van der Waals surface area contributed by atoms with Crippen LogP contribution in [0.15, 0.2) is 24.3 Å². The molecular formula is C42H80N2O2. The first-order valence-electron chi connectivity index (χ1n) is 20.7. The Morgan fingerprint density at radius 1 is 0.326 bits per heavy atom. The van der Waals surface area contributed by atoms with Crippen LogP contribution in [0.4, 0.5) is 11.4 Å². The predicted octanol–water partition coefficient (Wildman–Crippen LogP) is 14.9. The highest BCUT2D eigenvalue weighted by Gasteiger charge is 2.02. The Balaban J connectivity index is 1.85. The van der Waals surface area contributed by atoms with Gasteiger partial charge in [0.25, 0.3) is 0 Å². The lowest BCUT2D eigenvalue weighted by Crippen LogP contribution is -2.08. The van der Waals surface area contributed by atoms with Crippen LogP contribution in [-0.2, 0) is 9.68 Å². The molecule has 0 aliphatic heterocycles. The van der Waals surface area contributed by atoms with E-state index >= 15 is 0 Å². The molecular weight excluding hydrogens is 564 g/mol. The van der Waals surface area contributed by atoms with Crippen molar-refractivity contribution in [2.24, 2.45) is 0 Å². The Kier molecular flexibility index (Phi) is 34.0. The van der Waals surface area contributed by atoms with E-state index in [1.54, 1.807) is 0 Å². The molecule has 0 saturated heterocycles. The molecule has 1 rings (SSSR count). The zero-order valence-corrected chi connectivity index (χ0v) is 31.2. The van der Waals surface area contributed by atoms with Gasteiger partial charge < -0.3 is 0 Å². The molecule has 0 saturated carbocycles. The van der Waals surface area contributed by atoms with Gasteiger partial charge in [-0.1, -0.05) is 219 Å². The Morgan fingerprint density at radius 2 is 0.543 bits per heavy atom. The minimum absolute atomic E-state index is 0.743. The molecule has 4 nitrogen and oxygen atoms in total. The summed E-state index contributed by atoms with van der Waals surface area (Å²) in [6.45, 7) is 6.08. The first-order valence-corrected chi connectivity index (χ1v) is 20.7. The van der Waals surface area contributed by atoms with E-state index in [0.29, 0.717) is 0 Å². The highest BCUT2D eigenvalue weighted by atomic mass is 16.7. The summed E-state index contributed by atoms with van der Waals surface area (Å²) in [5, 5.41) is 0. The monoisotopic (exact) mass is 645 g/mol. The van der Waals surface area contributed by atoms with Crippen LogP contribution in [-0.4, -0.2) is 13.2 Å². The molecule has 0 bridgehead atoms. The van der Waals surface area contributed by atoms with Crippen LogP contribution in [0.1, 0.15) is 219 Å². The fourth-order valence-electron chi connectivity index (χ4n) is 6.36. The van der Waals surface area contributed by atoms with Crippen molar-refractivity contribution in [2.45, 2.75) is 219 Å². The first kappa shape index (κ1) is 42.8. The van der Waals surface area contributed by atoms with Crippen LogP contribution >= 0.6 is 0 Å². The smallest absolute Gasteiger partial charge is 0.0858 e. The van der Waals surface area contributed by atoms with Crippen LogP contribution in [0.3, 0.4) is 0 Å². The molecule has 0 atom stereocenters. The van der Waals surface area contributed by atoms with Crippen molar-refractivity contribution in [1.82, 2.24) is 0 Å². The lowest BCUT2D eigenvalue weighted by Gasteiger charge is -2.13. The standard InChI is InChI=1S/C42H80N2O2/c1-3-5-7-9-11-13-15-17-19-21-23-25-27-29-31-35-39-45-43-41-37-33-34-38-42(41)44-46-40-36-32-30-28-26-24-22-20-18-16-14-12-10-8-6-4-2/h33-34,37-38,43-44H,3-32,35-36,39-40H2,1-2H3. The Bertz CT molecular complexity index is 654. The molecule has 0 spiro atoms. The fourth-order valence-corrected chi connectivity index (χ4v) is 6.36. The average Bonchev–Trinajstić information content (AvgIpc) is 3.07. The molecule has 0 aromatic heterocycles. The molecule has 0 heterocycles. The molecule has 1 aromatic rings. The third-order valence-corrected chi connectivity index (χ3v) is 9.49. The van der Waals surface area contributed by atoms with Crippen molar-refractivity contribution in [3.05, 3.63) is 24.3 Å². The maximum absolute atomic E-state index is 5.77. The number of anilines is 2. The van der Waals surface area contributed by atoms with Crippen molar-refractivity contribution < 1.29 is 9.68 Å². The number of hydrogen-bond acceptors (Lipinski definition) is 4. The van der Waals surface area contributed by atoms with E-state index < -0.39 is 0 Å². The number of nitrogens with one attached hydrogen (secondary N) is 2. The number of benzene rings is 1. The SMILES string of the molecule is CCCCCCCCCCCCCCCCCCONc1ccccc1NOCCCCCCCCCCCCCCCCCC. The van der Waals surface area contributed by atoms with Gasteiger partial charge in [-0.2, -0.15) is 0 Å². The molecule has 0 fully saturated rings. The summed E-state index contributed by atoms with van der Waals surface area (Å²) in [4.78, 5) is 11.5. The first-order chi connectivity index (χ1) is 22.9. The molecule has 0 amide bonds. The predicted molar refractivity (Wildman–Crippen MR) is 205 cm³/mol. The normalized spacial score (nSPS) is 11.3. The topological polar surface area (TPSA) is 42.5 Å². The number of unbranched alkanes of at least 4 members (excludes halogenated alkanes) is 30. The van der Waals surface area contributed by atoms with Crippen LogP contribution in [0.2, 0.25) is 0 Å². The summed E-state index contributed by atoms with van der Waals surface area (Å²) >= 11 is 0. The summed E-state index contributed by atoms with van der Waals surface area (Å²) in [5.74, 6) is 0. The maximum Gasteiger partial charge on any atom is 0.0858 e. The number of hydrogen-bond donors (Lipinski definition) is 2. The number of rotatable bonds is 38. The third-order valence-electron chi connectivity index (χ3n) is 9.49. The molecule has 2 N–H and O–H groups in total. The van der Waals surface area contributed by atoms with E-state index in [2.05, 4.69) is 24.8 Å². The largest absolute Gasteiger partial charge is 0.276 e. The van der Waals surface area contributed by atoms with Crippen molar-refractivity contribution in [2.75, 3.05) is 24.2 Å². The van der Waals surface area contributed by atoms with E-state index in [4.69, 9.17) is 9.68 Å². The van der Waals surface area contributed by atoms with Crippen LogP contribution in [0, 0.1) is 0 Å². The fraction of sp³-hybridized carbons (Fsp3) is 0.857. The van der Waals surface area contributed by atoms with Crippen LogP contribution in [0.5, 0.6) is 0 Å². The van der Waals surface area contributed by atoms with Crippen molar-refractivity contribution in [3.63, 3.8) is 0 Å². The van der Waals surface area contributed by atoms with Gasteiger partial charge in [0.05, 0.1) is 24.6 Å². The molecule has 1 aromatic carbocycles. The summed E-state index contributed by atoms with van der Waals surface area (Å²) in [5.41, 5.74) is 8.14. The van der Waals surface area contributed by atoms with E-state index in [0.717, 1.165) is 37.4 Å². The van der Waals surface area contributed by atoms with Gasteiger partial charge in [0.15, 0.2) is 0 Å². The van der Waals surface area contributed by atoms with Gasteiger partial charge in [-0.05, 0) is 25.0 Å². The summed E-state index contributed by atoms with van der Waals surface area (Å²) < 4.78 is 0. The van der Waals surface area contributed by atoms with E-state index in [-0.39, 0.29) is 0 Å². The van der Waals surface area contributed by atoms with E-state index in [9.17, 15) is 0 Å². The summed E-state index contributed by atoms with van der Waals surface area (Å²) in [6.07, 6.45) is 44.4. The summed E-state index contributed by atoms with van der Waals surface area (Å²) in [7, 11) is 0. The van der Waals surface area contributed by atoms with Crippen LogP contribution in [0.25, 0.3) is 0 Å². The maximum atomic E-state index is 5.77. The van der Waals surface area contributed by atoms with Gasteiger partial charge in [0, 0.05) is 0 Å². The molecule has 270 valence electrons. The van der Waals surface area contributed by atoms with E-state index in [1.165, 1.54) is 193 Å². The number of para-hydroxylation sites is 2. The molecule has 46 heavy (non-hydrogen) atoms. The van der Waals surface area contributed by atoms with Crippen molar-refractivity contribution in [3.8, 4) is 0 Å². The van der Waals surface area contributed by atoms with Crippen molar-refractivity contribution >= 4 is 11.4 Å². The quantitative estimate of drug-likeness (QED) is 0.0555. The zero-order chi connectivity index (χ0) is 32.9. The van der Waals surface area contributed by atoms with Crippen LogP contribution < -0.4 is 11.0 Å². The lowest BCUT2D eigenvalue weighted by atomic mass is 10.0. The second-order valence-electron chi connectivity index (χ2n) is 14.1. The minimum atomic E-state index is 0.743. The zero-order valence-electron chi connectivity index (χ0n) is 31.2.